The summed E-state index contributed by atoms with van der Waals surface area (Å²) in [5.74, 6) is -0.481. The van der Waals surface area contributed by atoms with Gasteiger partial charge >= 0.3 is 0 Å². The molecule has 0 aromatic heterocycles. The first kappa shape index (κ1) is 17.2. The summed E-state index contributed by atoms with van der Waals surface area (Å²) in [7, 11) is 0. The maximum atomic E-state index is 14.0. The van der Waals surface area contributed by atoms with Crippen molar-refractivity contribution in [2.75, 3.05) is 0 Å². The number of aliphatic hydroxyl groups excluding tert-OH is 1. The highest BCUT2D eigenvalue weighted by atomic mass is 19.1. The third-order valence-corrected chi connectivity index (χ3v) is 2.57. The lowest BCUT2D eigenvalue weighted by Crippen LogP contribution is -2.24. The number of aliphatic hydroxyl groups is 1. The van der Waals surface area contributed by atoms with Gasteiger partial charge in [-0.05, 0) is 46.8 Å². The summed E-state index contributed by atoms with van der Waals surface area (Å²) in [6.07, 6.45) is 4.38. The van der Waals surface area contributed by atoms with Gasteiger partial charge in [0.15, 0.2) is 0 Å². The van der Waals surface area contributed by atoms with Gasteiger partial charge in [0, 0.05) is 16.8 Å². The van der Waals surface area contributed by atoms with E-state index in [-0.39, 0.29) is 22.9 Å². The minimum absolute atomic E-state index is 0.0680. The average molecular weight is 267 g/mol. The number of allylic oxidation sites excluding steroid dienone is 4. The lowest BCUT2D eigenvalue weighted by atomic mass is 9.97. The van der Waals surface area contributed by atoms with Crippen LogP contribution < -0.4 is 5.32 Å². The average Bonchev–Trinajstić information content (AvgIpc) is 2.32. The minimum Gasteiger partial charge on any atom is -0.508 e. The lowest BCUT2D eigenvalue weighted by Gasteiger charge is -2.19. The van der Waals surface area contributed by atoms with Crippen LogP contribution in [-0.2, 0) is 4.79 Å². The fraction of sp³-hybridized carbons (Fsp3) is 0.400. The van der Waals surface area contributed by atoms with Crippen LogP contribution in [0.2, 0.25) is 0 Å². The van der Waals surface area contributed by atoms with E-state index in [0.29, 0.717) is 5.57 Å². The fourth-order valence-electron chi connectivity index (χ4n) is 1.29. The summed E-state index contributed by atoms with van der Waals surface area (Å²) in [6.45, 7) is 11.3. The van der Waals surface area contributed by atoms with Gasteiger partial charge in [0.25, 0.3) is 5.91 Å². The normalized spacial score (nSPS) is 14.3. The van der Waals surface area contributed by atoms with E-state index in [4.69, 9.17) is 0 Å². The molecule has 0 saturated carbocycles. The molecule has 3 nitrogen and oxygen atoms in total. The predicted octanol–water partition coefficient (Wildman–Crippen LogP) is 3.72. The lowest BCUT2D eigenvalue weighted by molar-refractivity contribution is -0.116. The summed E-state index contributed by atoms with van der Waals surface area (Å²) in [5.41, 5.74) is -0.912. The monoisotopic (exact) mass is 267 g/mol. The van der Waals surface area contributed by atoms with E-state index >= 15 is 0 Å². The number of carbonyl (C=O) groups is 1. The summed E-state index contributed by atoms with van der Waals surface area (Å²) in [6, 6.07) is 0. The number of amides is 1. The van der Waals surface area contributed by atoms with Crippen molar-refractivity contribution in [2.24, 2.45) is 0 Å². The molecule has 0 radical (unpaired) electrons. The smallest absolute Gasteiger partial charge is 0.250 e. The van der Waals surface area contributed by atoms with Crippen LogP contribution in [0.4, 0.5) is 4.39 Å². The molecule has 2 N–H and O–H groups in total. The van der Waals surface area contributed by atoms with Crippen molar-refractivity contribution in [1.82, 2.24) is 5.32 Å². The van der Waals surface area contributed by atoms with Crippen molar-refractivity contribution in [3.05, 3.63) is 47.4 Å². The molecule has 0 unspecified atom stereocenters. The van der Waals surface area contributed by atoms with Crippen LogP contribution in [-0.4, -0.2) is 16.7 Å². The second-order valence-electron chi connectivity index (χ2n) is 4.66. The van der Waals surface area contributed by atoms with Crippen LogP contribution in [0.25, 0.3) is 0 Å². The third kappa shape index (κ3) is 5.55. The summed E-state index contributed by atoms with van der Waals surface area (Å²) >= 11 is 0. The Bertz CT molecular complexity index is 451. The molecule has 0 saturated heterocycles. The van der Waals surface area contributed by atoms with Crippen molar-refractivity contribution in [3.63, 3.8) is 0 Å². The molecule has 4 heteroatoms. The Kier molecular flexibility index (Phi) is 6.25. The Morgan fingerprint density at radius 1 is 1.32 bits per heavy atom. The predicted molar refractivity (Wildman–Crippen MR) is 76.4 cm³/mol. The Balaban J connectivity index is 5.18. The quantitative estimate of drug-likeness (QED) is 0.453. The zero-order valence-corrected chi connectivity index (χ0v) is 12.2. The van der Waals surface area contributed by atoms with Crippen LogP contribution in [0.3, 0.4) is 0 Å². The first-order chi connectivity index (χ1) is 8.63. The van der Waals surface area contributed by atoms with E-state index in [0.717, 1.165) is 0 Å². The molecule has 0 atom stereocenters. The van der Waals surface area contributed by atoms with Crippen LogP contribution in [0.15, 0.2) is 47.4 Å². The van der Waals surface area contributed by atoms with E-state index < -0.39 is 5.67 Å². The van der Waals surface area contributed by atoms with Gasteiger partial charge in [-0.25, -0.2) is 4.39 Å². The molecule has 0 spiro atoms. The highest BCUT2D eigenvalue weighted by Crippen LogP contribution is 2.26. The highest BCUT2D eigenvalue weighted by Gasteiger charge is 2.25. The van der Waals surface area contributed by atoms with Crippen LogP contribution >= 0.6 is 0 Å². The number of carbonyl (C=O) groups excluding carboxylic acids is 1. The number of halogens is 1. The van der Waals surface area contributed by atoms with E-state index in [9.17, 15) is 14.3 Å². The minimum atomic E-state index is -1.74. The number of hydrogen-bond donors (Lipinski definition) is 2. The molecule has 0 aliphatic heterocycles. The van der Waals surface area contributed by atoms with Gasteiger partial charge in [-0.1, -0.05) is 12.7 Å². The summed E-state index contributed by atoms with van der Waals surface area (Å²) in [5, 5.41) is 12.2. The molecule has 0 rings (SSSR count). The van der Waals surface area contributed by atoms with E-state index in [1.54, 1.807) is 26.8 Å². The van der Waals surface area contributed by atoms with Gasteiger partial charge in [0.05, 0.1) is 0 Å². The highest BCUT2D eigenvalue weighted by molar-refractivity contribution is 5.94. The molecular weight excluding hydrogens is 245 g/mol. The van der Waals surface area contributed by atoms with Crippen molar-refractivity contribution in [3.8, 4) is 0 Å². The second kappa shape index (κ2) is 6.92. The van der Waals surface area contributed by atoms with Gasteiger partial charge in [-0.15, -0.1) is 0 Å². The maximum absolute atomic E-state index is 14.0. The molecule has 0 aromatic rings. The Morgan fingerprint density at radius 2 is 1.84 bits per heavy atom. The Labute approximate surface area is 114 Å². The first-order valence-corrected chi connectivity index (χ1v) is 6.03. The second-order valence-corrected chi connectivity index (χ2v) is 4.66. The van der Waals surface area contributed by atoms with Gasteiger partial charge in [-0.2, -0.15) is 0 Å². The van der Waals surface area contributed by atoms with Crippen LogP contribution in [0.1, 0.15) is 34.6 Å². The van der Waals surface area contributed by atoms with Gasteiger partial charge in [0.1, 0.15) is 11.4 Å². The zero-order chi connectivity index (χ0) is 15.2. The molecular formula is C15H22FNO2. The number of nitrogens with one attached hydrogen (secondary N) is 1. The van der Waals surface area contributed by atoms with Crippen LogP contribution in [0.5, 0.6) is 0 Å². The SMILES string of the molecule is C=C(/C=C(\C(O)=C/C)C(C)(C)F)NC(=O)/C(C)=C/C. The third-order valence-electron chi connectivity index (χ3n) is 2.57. The van der Waals surface area contributed by atoms with Crippen LogP contribution in [0, 0.1) is 0 Å². The van der Waals surface area contributed by atoms with Gasteiger partial charge in [-0.3, -0.25) is 4.79 Å². The molecule has 0 aromatic carbocycles. The van der Waals surface area contributed by atoms with Crippen molar-refractivity contribution in [2.45, 2.75) is 40.3 Å². The summed E-state index contributed by atoms with van der Waals surface area (Å²) in [4.78, 5) is 11.6. The molecule has 19 heavy (non-hydrogen) atoms. The molecule has 0 aliphatic rings. The molecule has 0 aliphatic carbocycles. The summed E-state index contributed by atoms with van der Waals surface area (Å²) < 4.78 is 14.0. The zero-order valence-electron chi connectivity index (χ0n) is 12.2. The molecule has 1 amide bonds. The van der Waals surface area contributed by atoms with E-state index in [1.165, 1.54) is 26.0 Å². The molecule has 106 valence electrons. The van der Waals surface area contributed by atoms with Crippen molar-refractivity contribution < 1.29 is 14.3 Å². The Morgan fingerprint density at radius 3 is 2.21 bits per heavy atom. The maximum Gasteiger partial charge on any atom is 0.250 e. The molecule has 0 bridgehead atoms. The van der Waals surface area contributed by atoms with Crippen molar-refractivity contribution >= 4 is 5.91 Å². The first-order valence-electron chi connectivity index (χ1n) is 6.03. The topological polar surface area (TPSA) is 49.3 Å². The fourth-order valence-corrected chi connectivity index (χ4v) is 1.29. The number of hydrogen-bond acceptors (Lipinski definition) is 2. The largest absolute Gasteiger partial charge is 0.508 e. The number of rotatable bonds is 5. The molecule has 0 heterocycles. The van der Waals surface area contributed by atoms with E-state index in [1.807, 2.05) is 0 Å². The Hall–Kier alpha value is -1.84. The van der Waals surface area contributed by atoms with E-state index in [2.05, 4.69) is 11.9 Å². The van der Waals surface area contributed by atoms with Gasteiger partial charge < -0.3 is 10.4 Å². The molecule has 0 fully saturated rings. The van der Waals surface area contributed by atoms with Gasteiger partial charge in [0.2, 0.25) is 0 Å². The standard InChI is InChI=1S/C15H22FNO2/c1-7-10(3)14(19)17-11(4)9-12(13(18)8-2)15(5,6)16/h7-9,18H,4H2,1-3,5-6H3,(H,17,19)/b10-7+,12-9+,13-8+. The van der Waals surface area contributed by atoms with Crippen molar-refractivity contribution in [1.29, 1.82) is 0 Å². The number of alkyl halides is 1.